The smallest absolute Gasteiger partial charge is 0.325 e. The molecule has 0 heterocycles. The van der Waals surface area contributed by atoms with Gasteiger partial charge in [0.05, 0.1) is 18.8 Å². The Bertz CT molecular complexity index is 530. The van der Waals surface area contributed by atoms with Crippen molar-refractivity contribution in [3.8, 4) is 0 Å². The maximum Gasteiger partial charge on any atom is 0.325 e. The molecule has 0 spiro atoms. The molecule has 1 aromatic carbocycles. The summed E-state index contributed by atoms with van der Waals surface area (Å²) >= 11 is 3.40. The predicted octanol–water partition coefficient (Wildman–Crippen LogP) is 2.63. The average molecular weight is 357 g/mol. The van der Waals surface area contributed by atoms with Gasteiger partial charge in [-0.2, -0.15) is 0 Å². The number of halogens is 1. The second-order valence-corrected chi connectivity index (χ2v) is 6.08. The number of carbonyl (C=O) groups excluding carboxylic acids is 2. The van der Waals surface area contributed by atoms with Crippen molar-refractivity contribution in [1.82, 2.24) is 5.32 Å². The van der Waals surface area contributed by atoms with Crippen molar-refractivity contribution in [3.63, 3.8) is 0 Å². The van der Waals surface area contributed by atoms with E-state index in [1.165, 1.54) is 0 Å². The fourth-order valence-electron chi connectivity index (χ4n) is 1.60. The highest BCUT2D eigenvalue weighted by Crippen LogP contribution is 2.23. The van der Waals surface area contributed by atoms with E-state index in [2.05, 4.69) is 26.6 Å². The molecule has 116 valence electrons. The Hall–Kier alpha value is -1.40. The highest BCUT2D eigenvalue weighted by atomic mass is 79.9. The number of nitrogens with one attached hydrogen (secondary N) is 2. The summed E-state index contributed by atoms with van der Waals surface area (Å²) in [5.41, 5.74) is 0.889. The van der Waals surface area contributed by atoms with Gasteiger partial charge in [0.15, 0.2) is 0 Å². The van der Waals surface area contributed by atoms with Crippen molar-refractivity contribution in [3.05, 3.63) is 28.2 Å². The SMILES string of the molecule is CCOC(=O)C(C)(C)NCC(=O)Nc1ccc(C)cc1Br. The monoisotopic (exact) mass is 356 g/mol. The lowest BCUT2D eigenvalue weighted by atomic mass is 10.1. The molecule has 0 fully saturated rings. The van der Waals surface area contributed by atoms with Crippen LogP contribution in [0.1, 0.15) is 26.3 Å². The number of esters is 1. The van der Waals surface area contributed by atoms with Crippen LogP contribution >= 0.6 is 15.9 Å². The van der Waals surface area contributed by atoms with E-state index in [1.54, 1.807) is 20.8 Å². The molecule has 1 aromatic rings. The fraction of sp³-hybridized carbons (Fsp3) is 0.467. The average Bonchev–Trinajstić information content (AvgIpc) is 2.40. The largest absolute Gasteiger partial charge is 0.465 e. The molecule has 0 aliphatic heterocycles. The molecule has 0 saturated carbocycles. The van der Waals surface area contributed by atoms with Gasteiger partial charge in [0.25, 0.3) is 0 Å². The normalized spacial score (nSPS) is 11.1. The van der Waals surface area contributed by atoms with Crippen molar-refractivity contribution in [2.45, 2.75) is 33.2 Å². The van der Waals surface area contributed by atoms with Crippen molar-refractivity contribution < 1.29 is 14.3 Å². The van der Waals surface area contributed by atoms with Gasteiger partial charge in [0, 0.05) is 4.47 Å². The van der Waals surface area contributed by atoms with Crippen molar-refractivity contribution in [1.29, 1.82) is 0 Å². The van der Waals surface area contributed by atoms with Crippen LogP contribution in [0.4, 0.5) is 5.69 Å². The molecule has 0 aromatic heterocycles. The molecule has 0 bridgehead atoms. The van der Waals surface area contributed by atoms with E-state index in [0.717, 1.165) is 10.0 Å². The van der Waals surface area contributed by atoms with E-state index in [-0.39, 0.29) is 18.4 Å². The van der Waals surface area contributed by atoms with Gasteiger partial charge in [-0.1, -0.05) is 6.07 Å². The van der Waals surface area contributed by atoms with Gasteiger partial charge in [0.2, 0.25) is 5.91 Å². The Morgan fingerprint density at radius 3 is 2.57 bits per heavy atom. The first-order valence-electron chi connectivity index (χ1n) is 6.74. The Morgan fingerprint density at radius 2 is 2.00 bits per heavy atom. The molecule has 1 rings (SSSR count). The number of aryl methyl sites for hydroxylation is 1. The van der Waals surface area contributed by atoms with Crippen LogP contribution in [0.3, 0.4) is 0 Å². The second kappa shape index (κ2) is 7.56. The van der Waals surface area contributed by atoms with Gasteiger partial charge in [-0.25, -0.2) is 0 Å². The third kappa shape index (κ3) is 5.47. The maximum absolute atomic E-state index is 11.9. The van der Waals surface area contributed by atoms with Crippen molar-refractivity contribution in [2.75, 3.05) is 18.5 Å². The van der Waals surface area contributed by atoms with Crippen LogP contribution in [-0.2, 0) is 14.3 Å². The van der Waals surface area contributed by atoms with Gasteiger partial charge in [-0.05, 0) is 61.3 Å². The zero-order valence-corrected chi connectivity index (χ0v) is 14.3. The summed E-state index contributed by atoms with van der Waals surface area (Å²) in [5.74, 6) is -0.605. The molecule has 2 N–H and O–H groups in total. The number of hydrogen-bond donors (Lipinski definition) is 2. The molecule has 0 unspecified atom stereocenters. The minimum Gasteiger partial charge on any atom is -0.465 e. The predicted molar refractivity (Wildman–Crippen MR) is 86.2 cm³/mol. The summed E-state index contributed by atoms with van der Waals surface area (Å²) in [7, 11) is 0. The molecule has 0 aliphatic rings. The van der Waals surface area contributed by atoms with Crippen molar-refractivity contribution in [2.24, 2.45) is 0 Å². The lowest BCUT2D eigenvalue weighted by Crippen LogP contribution is -2.50. The zero-order valence-electron chi connectivity index (χ0n) is 12.7. The van der Waals surface area contributed by atoms with Crippen LogP contribution in [0.2, 0.25) is 0 Å². The molecule has 0 radical (unpaired) electrons. The Labute approximate surface area is 133 Å². The van der Waals surface area contributed by atoms with E-state index in [9.17, 15) is 9.59 Å². The first-order valence-corrected chi connectivity index (χ1v) is 7.54. The summed E-state index contributed by atoms with van der Waals surface area (Å²) in [4.78, 5) is 23.6. The highest BCUT2D eigenvalue weighted by Gasteiger charge is 2.29. The van der Waals surface area contributed by atoms with Gasteiger partial charge in [-0.15, -0.1) is 0 Å². The van der Waals surface area contributed by atoms with E-state index in [4.69, 9.17) is 4.74 Å². The number of benzene rings is 1. The van der Waals surface area contributed by atoms with Gasteiger partial charge < -0.3 is 10.1 Å². The fourth-order valence-corrected chi connectivity index (χ4v) is 2.19. The molecule has 0 aliphatic carbocycles. The molecule has 0 saturated heterocycles. The van der Waals surface area contributed by atoms with E-state index in [0.29, 0.717) is 12.3 Å². The Kier molecular flexibility index (Phi) is 6.36. The molecule has 5 nitrogen and oxygen atoms in total. The summed E-state index contributed by atoms with van der Waals surface area (Å²) in [6, 6.07) is 5.66. The molecule has 21 heavy (non-hydrogen) atoms. The highest BCUT2D eigenvalue weighted by molar-refractivity contribution is 9.10. The van der Waals surface area contributed by atoms with Crippen LogP contribution < -0.4 is 10.6 Å². The first kappa shape index (κ1) is 17.7. The first-order chi connectivity index (χ1) is 9.76. The molecule has 1 amide bonds. The quantitative estimate of drug-likeness (QED) is 0.768. The minimum absolute atomic E-state index is 0.0200. The minimum atomic E-state index is -0.905. The van der Waals surface area contributed by atoms with Crippen LogP contribution in [-0.4, -0.2) is 30.6 Å². The van der Waals surface area contributed by atoms with Gasteiger partial charge >= 0.3 is 5.97 Å². The Morgan fingerprint density at radius 1 is 1.33 bits per heavy atom. The second-order valence-electron chi connectivity index (χ2n) is 5.23. The maximum atomic E-state index is 11.9. The Balaban J connectivity index is 2.56. The summed E-state index contributed by atoms with van der Waals surface area (Å²) in [6.07, 6.45) is 0. The third-order valence-electron chi connectivity index (χ3n) is 2.88. The van der Waals surface area contributed by atoms with Gasteiger partial charge in [-0.3, -0.25) is 14.9 Å². The number of hydrogen-bond acceptors (Lipinski definition) is 4. The number of amides is 1. The molecule has 6 heteroatoms. The van der Waals surface area contributed by atoms with E-state index < -0.39 is 5.54 Å². The molecular formula is C15H21BrN2O3. The zero-order chi connectivity index (χ0) is 16.0. The number of ether oxygens (including phenoxy) is 1. The van der Waals surface area contributed by atoms with Crippen LogP contribution in [0, 0.1) is 6.92 Å². The van der Waals surface area contributed by atoms with E-state index in [1.807, 2.05) is 25.1 Å². The van der Waals surface area contributed by atoms with Crippen LogP contribution in [0.5, 0.6) is 0 Å². The number of anilines is 1. The molecule has 0 atom stereocenters. The lowest BCUT2D eigenvalue weighted by Gasteiger charge is -2.23. The summed E-state index contributed by atoms with van der Waals surface area (Å²) in [6.45, 7) is 7.41. The number of carbonyl (C=O) groups is 2. The topological polar surface area (TPSA) is 67.4 Å². The summed E-state index contributed by atoms with van der Waals surface area (Å²) in [5, 5.41) is 5.67. The number of rotatable bonds is 6. The van der Waals surface area contributed by atoms with Crippen molar-refractivity contribution >= 4 is 33.5 Å². The lowest BCUT2D eigenvalue weighted by molar-refractivity contribution is -0.149. The summed E-state index contributed by atoms with van der Waals surface area (Å²) < 4.78 is 5.77. The molecular weight excluding hydrogens is 336 g/mol. The van der Waals surface area contributed by atoms with E-state index >= 15 is 0 Å². The van der Waals surface area contributed by atoms with Gasteiger partial charge in [0.1, 0.15) is 5.54 Å². The third-order valence-corrected chi connectivity index (χ3v) is 3.53. The standard InChI is InChI=1S/C15H21BrN2O3/c1-5-21-14(20)15(3,4)17-9-13(19)18-12-7-6-10(2)8-11(12)16/h6-8,17H,5,9H2,1-4H3,(H,18,19). The van der Waals surface area contributed by atoms with Crippen LogP contribution in [0.15, 0.2) is 22.7 Å². The van der Waals surface area contributed by atoms with Crippen LogP contribution in [0.25, 0.3) is 0 Å².